The number of carbonyl (C=O) groups excluding carboxylic acids is 2. The summed E-state index contributed by atoms with van der Waals surface area (Å²) in [5.41, 5.74) is 7.65. The van der Waals surface area contributed by atoms with E-state index in [9.17, 15) is 14.0 Å². The number of aromatic nitrogens is 2. The summed E-state index contributed by atoms with van der Waals surface area (Å²) in [6.07, 6.45) is 2.49. The normalized spacial score (nSPS) is 12.5. The third-order valence-electron chi connectivity index (χ3n) is 7.86. The Hall–Kier alpha value is -5.08. The molecule has 212 valence electrons. The largest absolute Gasteiger partial charge is 0.360 e. The van der Waals surface area contributed by atoms with Crippen LogP contribution in [0.5, 0.6) is 0 Å². The number of carbonyl (C=O) groups is 2. The molecule has 0 fully saturated rings. The maximum atomic E-state index is 14.4. The van der Waals surface area contributed by atoms with Crippen molar-refractivity contribution in [1.82, 2.24) is 9.97 Å². The van der Waals surface area contributed by atoms with Gasteiger partial charge in [-0.15, -0.1) is 11.3 Å². The van der Waals surface area contributed by atoms with Gasteiger partial charge in [0.15, 0.2) is 0 Å². The molecular formula is C35H27FN4O2S. The van der Waals surface area contributed by atoms with Gasteiger partial charge in [0.25, 0.3) is 11.8 Å². The van der Waals surface area contributed by atoms with Crippen LogP contribution in [0.4, 0.5) is 15.8 Å². The Morgan fingerprint density at radius 3 is 2.65 bits per heavy atom. The number of halogens is 1. The number of benzene rings is 3. The number of aryl methyl sites for hydroxylation is 2. The predicted octanol–water partition coefficient (Wildman–Crippen LogP) is 8.17. The summed E-state index contributed by atoms with van der Waals surface area (Å²) in [4.78, 5) is 38.5. The summed E-state index contributed by atoms with van der Waals surface area (Å²) in [6.45, 7) is 4.24. The lowest BCUT2D eigenvalue weighted by Crippen LogP contribution is -2.33. The number of nitrogens with one attached hydrogen (secondary N) is 2. The molecule has 7 rings (SSSR count). The van der Waals surface area contributed by atoms with Crippen LogP contribution >= 0.6 is 11.3 Å². The van der Waals surface area contributed by atoms with Crippen molar-refractivity contribution < 1.29 is 14.0 Å². The van der Waals surface area contributed by atoms with Crippen molar-refractivity contribution in [3.8, 4) is 21.7 Å². The third kappa shape index (κ3) is 4.79. The number of amides is 2. The average Bonchev–Trinajstić information content (AvgIpc) is 3.60. The van der Waals surface area contributed by atoms with Crippen molar-refractivity contribution >= 4 is 45.4 Å². The molecule has 4 heterocycles. The van der Waals surface area contributed by atoms with Gasteiger partial charge in [0, 0.05) is 39.6 Å². The SMILES string of the molecule is Cc1ccc2[nH]cc(-c3cccc(C(=O)N4CCc5cc(C(=O)Nc6c(C)cccc6F)sc5-c5ccccc54)n3)c2c1. The van der Waals surface area contributed by atoms with Crippen molar-refractivity contribution in [2.75, 3.05) is 16.8 Å². The van der Waals surface area contributed by atoms with Gasteiger partial charge >= 0.3 is 0 Å². The van der Waals surface area contributed by atoms with Crippen molar-refractivity contribution in [3.63, 3.8) is 0 Å². The van der Waals surface area contributed by atoms with Gasteiger partial charge in [0.2, 0.25) is 0 Å². The van der Waals surface area contributed by atoms with E-state index in [4.69, 9.17) is 4.98 Å². The van der Waals surface area contributed by atoms with Gasteiger partial charge in [-0.1, -0.05) is 48.0 Å². The second kappa shape index (κ2) is 10.6. The third-order valence-corrected chi connectivity index (χ3v) is 9.07. The van der Waals surface area contributed by atoms with Gasteiger partial charge in [0.1, 0.15) is 11.5 Å². The Morgan fingerprint density at radius 2 is 1.79 bits per heavy atom. The lowest BCUT2D eigenvalue weighted by Gasteiger charge is -2.23. The molecule has 3 aromatic heterocycles. The smallest absolute Gasteiger partial charge is 0.276 e. The number of aromatic amines is 1. The van der Waals surface area contributed by atoms with E-state index in [1.165, 1.54) is 17.4 Å². The first-order chi connectivity index (χ1) is 20.9. The van der Waals surface area contributed by atoms with Crippen LogP contribution in [0, 0.1) is 19.7 Å². The molecule has 0 saturated heterocycles. The quantitative estimate of drug-likeness (QED) is 0.219. The number of fused-ring (bicyclic) bond motifs is 4. The Bertz CT molecular complexity index is 2040. The molecule has 0 saturated carbocycles. The minimum Gasteiger partial charge on any atom is -0.360 e. The van der Waals surface area contributed by atoms with Crippen molar-refractivity contribution in [3.05, 3.63) is 124 Å². The summed E-state index contributed by atoms with van der Waals surface area (Å²) in [5, 5.41) is 3.81. The molecule has 2 N–H and O–H groups in total. The zero-order valence-corrected chi connectivity index (χ0v) is 24.4. The average molecular weight is 587 g/mol. The monoisotopic (exact) mass is 586 g/mol. The van der Waals surface area contributed by atoms with E-state index < -0.39 is 5.82 Å². The standard InChI is InChI=1S/C35H27FN4O2S/c1-20-13-14-27-24(17-20)25(19-37-27)28-10-6-11-29(38-28)35(42)40-16-15-22-18-31(43-33(22)23-8-3-4-12-30(23)40)34(41)39-32-21(2)7-5-9-26(32)36/h3-14,17-19,37H,15-16H2,1-2H3,(H,39,41). The molecular weight excluding hydrogens is 559 g/mol. The molecule has 2 amide bonds. The highest BCUT2D eigenvalue weighted by Gasteiger charge is 2.28. The molecule has 6 aromatic rings. The van der Waals surface area contributed by atoms with Crippen LogP contribution < -0.4 is 10.2 Å². The van der Waals surface area contributed by atoms with Gasteiger partial charge in [-0.25, -0.2) is 9.37 Å². The van der Waals surface area contributed by atoms with Crippen LogP contribution in [0.1, 0.15) is 36.9 Å². The van der Waals surface area contributed by atoms with Crippen molar-refractivity contribution in [2.45, 2.75) is 20.3 Å². The zero-order chi connectivity index (χ0) is 29.7. The van der Waals surface area contributed by atoms with E-state index >= 15 is 0 Å². The lowest BCUT2D eigenvalue weighted by molar-refractivity contribution is 0.0981. The number of thiophene rings is 1. The molecule has 0 bridgehead atoms. The number of H-pyrrole nitrogens is 1. The van der Waals surface area contributed by atoms with Crippen LogP contribution in [0.25, 0.3) is 32.6 Å². The van der Waals surface area contributed by atoms with Crippen LogP contribution in [0.2, 0.25) is 0 Å². The Labute approximate surface area is 251 Å². The summed E-state index contributed by atoms with van der Waals surface area (Å²) in [6, 6.07) is 26.1. The summed E-state index contributed by atoms with van der Waals surface area (Å²) < 4.78 is 14.4. The number of para-hydroxylation sites is 2. The summed E-state index contributed by atoms with van der Waals surface area (Å²) in [5.74, 6) is -1.01. The first-order valence-corrected chi connectivity index (χ1v) is 14.8. The Kier molecular flexibility index (Phi) is 6.63. The van der Waals surface area contributed by atoms with E-state index in [1.807, 2.05) is 54.7 Å². The van der Waals surface area contributed by atoms with Crippen LogP contribution in [0.3, 0.4) is 0 Å². The minimum atomic E-state index is -0.469. The molecule has 1 aliphatic rings. The molecule has 1 aliphatic heterocycles. The first kappa shape index (κ1) is 26.8. The minimum absolute atomic E-state index is 0.186. The van der Waals surface area contributed by atoms with Crippen molar-refractivity contribution in [1.29, 1.82) is 0 Å². The molecule has 3 aromatic carbocycles. The van der Waals surface area contributed by atoms with Gasteiger partial charge in [0.05, 0.1) is 21.9 Å². The Balaban J connectivity index is 1.21. The van der Waals surface area contributed by atoms with Crippen LogP contribution in [-0.4, -0.2) is 28.3 Å². The zero-order valence-electron chi connectivity index (χ0n) is 23.6. The second-order valence-electron chi connectivity index (χ2n) is 10.7. The fourth-order valence-electron chi connectivity index (χ4n) is 5.67. The van der Waals surface area contributed by atoms with E-state index in [-0.39, 0.29) is 17.5 Å². The van der Waals surface area contributed by atoms with Crippen LogP contribution in [0.15, 0.2) is 91.1 Å². The Morgan fingerprint density at radius 1 is 0.953 bits per heavy atom. The summed E-state index contributed by atoms with van der Waals surface area (Å²) >= 11 is 1.35. The maximum Gasteiger partial charge on any atom is 0.276 e. The maximum absolute atomic E-state index is 14.4. The van der Waals surface area contributed by atoms with Gasteiger partial charge in [-0.05, 0) is 73.9 Å². The number of hydrogen-bond acceptors (Lipinski definition) is 4. The lowest BCUT2D eigenvalue weighted by atomic mass is 10.1. The second-order valence-corrected chi connectivity index (χ2v) is 11.8. The van der Waals surface area contributed by atoms with Crippen LogP contribution in [-0.2, 0) is 6.42 Å². The van der Waals surface area contributed by atoms with Crippen molar-refractivity contribution in [2.24, 2.45) is 0 Å². The first-order valence-electron chi connectivity index (χ1n) is 14.0. The number of pyridine rings is 1. The molecule has 43 heavy (non-hydrogen) atoms. The topological polar surface area (TPSA) is 78.1 Å². The molecule has 0 aliphatic carbocycles. The van der Waals surface area contributed by atoms with E-state index in [1.54, 1.807) is 30.0 Å². The highest BCUT2D eigenvalue weighted by atomic mass is 32.1. The fourth-order valence-corrected chi connectivity index (χ4v) is 6.81. The fraction of sp³-hybridized carbons (Fsp3) is 0.114. The van der Waals surface area contributed by atoms with Gasteiger partial charge in [-0.2, -0.15) is 0 Å². The molecule has 0 unspecified atom stereocenters. The molecule has 0 spiro atoms. The van der Waals surface area contributed by atoms with E-state index in [2.05, 4.69) is 29.4 Å². The van der Waals surface area contributed by atoms with E-state index in [0.717, 1.165) is 49.4 Å². The number of anilines is 2. The number of nitrogens with zero attached hydrogens (tertiary/aromatic N) is 2. The number of hydrogen-bond donors (Lipinski definition) is 2. The molecule has 0 radical (unpaired) electrons. The molecule has 0 atom stereocenters. The van der Waals surface area contributed by atoms with E-state index in [0.29, 0.717) is 29.1 Å². The molecule has 8 heteroatoms. The number of rotatable bonds is 4. The molecule has 6 nitrogen and oxygen atoms in total. The van der Waals surface area contributed by atoms with Gasteiger partial charge in [-0.3, -0.25) is 9.59 Å². The van der Waals surface area contributed by atoms with Gasteiger partial charge < -0.3 is 15.2 Å². The highest BCUT2D eigenvalue weighted by molar-refractivity contribution is 7.17. The highest BCUT2D eigenvalue weighted by Crippen LogP contribution is 2.42. The predicted molar refractivity (Wildman–Crippen MR) is 170 cm³/mol. The summed E-state index contributed by atoms with van der Waals surface area (Å²) in [7, 11) is 0.